The van der Waals surface area contributed by atoms with Crippen LogP contribution in [0.4, 0.5) is 0 Å². The number of fused-ring (bicyclic) bond motifs is 1. The molecule has 8 rings (SSSR count). The number of carbonyl (C=O) groups excluding carboxylic acids is 2. The summed E-state index contributed by atoms with van der Waals surface area (Å²) in [5, 5.41) is 70.2. The molecule has 86 heavy (non-hydrogen) atoms. The van der Waals surface area contributed by atoms with Crippen LogP contribution in [-0.2, 0) is 37.9 Å². The van der Waals surface area contributed by atoms with Gasteiger partial charge >= 0.3 is 11.9 Å². The molecule has 0 spiro atoms. The molecule has 0 bridgehead atoms. The summed E-state index contributed by atoms with van der Waals surface area (Å²) >= 11 is 0. The second kappa shape index (κ2) is 35.1. The van der Waals surface area contributed by atoms with E-state index in [1.54, 1.807) is 62.4 Å². The molecular weight excluding hydrogens is 1100 g/mol. The van der Waals surface area contributed by atoms with E-state index < -0.39 is 60.8 Å². The van der Waals surface area contributed by atoms with E-state index in [4.69, 9.17) is 43.6 Å². The molecule has 0 unspecified atom stereocenters. The highest BCUT2D eigenvalue weighted by atomic mass is 16.6. The van der Waals surface area contributed by atoms with Gasteiger partial charge in [-0.1, -0.05) is 140 Å². The number of aliphatic hydroxyl groups is 7. The predicted octanol–water partition coefficient (Wildman–Crippen LogP) is 6.83. The SMILES string of the molecule is C=C1CN(C)[C@H]2C[C@@H](C)O[C@@H](C(C)C)[C@@H]2O1.CC(C)[C@@H]1O[C@H](C)C[C@H](C)[C@H]1O.CC(C)[C@@H]1O[C@H](CN)[C@@H](O)[C@H](C)[C@H]1O.CC(C)[C@@H]1O[C@H](COC(=O)c2ccccc2)[C@@H](O)[C@H](C)[C@H]1O.CC(C)[C@@H]1O[C@H](COC(=O)c2ccccc2)[C@@H](O)[C@H](C)[C@H]1O. The van der Waals surface area contributed by atoms with Crippen LogP contribution in [0.3, 0.4) is 0 Å². The molecule has 0 aliphatic carbocycles. The maximum Gasteiger partial charge on any atom is 0.338 e. The van der Waals surface area contributed by atoms with E-state index in [0.29, 0.717) is 53.7 Å². The van der Waals surface area contributed by atoms with E-state index in [1.807, 2.05) is 60.6 Å². The van der Waals surface area contributed by atoms with Crippen LogP contribution in [0.1, 0.15) is 144 Å². The Morgan fingerprint density at radius 1 is 0.512 bits per heavy atom. The lowest BCUT2D eigenvalue weighted by Crippen LogP contribution is -2.59. The molecule has 492 valence electrons. The van der Waals surface area contributed by atoms with Crippen molar-refractivity contribution < 1.29 is 83.2 Å². The van der Waals surface area contributed by atoms with E-state index in [9.17, 15) is 45.3 Å². The number of likely N-dealkylation sites (N-methyl/N-ethyl adjacent to an activating group) is 1. The number of carbonyl (C=O) groups is 2. The molecule has 23 atom stereocenters. The zero-order valence-corrected chi connectivity index (χ0v) is 54.6. The molecule has 0 aromatic heterocycles. The average Bonchev–Trinajstić information content (AvgIpc) is 1.68. The third-order valence-electron chi connectivity index (χ3n) is 17.6. The molecule has 9 N–H and O–H groups in total. The minimum Gasteiger partial charge on any atom is -0.490 e. The largest absolute Gasteiger partial charge is 0.490 e. The van der Waals surface area contributed by atoms with Crippen molar-refractivity contribution in [1.82, 2.24) is 4.90 Å². The fraction of sp³-hybridized carbons (Fsp3) is 0.761. The Bertz CT molecular complexity index is 2180. The first kappa shape index (κ1) is 74.8. The number of benzene rings is 2. The third-order valence-corrected chi connectivity index (χ3v) is 17.6. The molecular formula is C67H112N2O17. The highest BCUT2D eigenvalue weighted by molar-refractivity contribution is 5.89. The maximum absolute atomic E-state index is 11.9. The minimum atomic E-state index is -0.867. The molecule has 0 radical (unpaired) electrons. The summed E-state index contributed by atoms with van der Waals surface area (Å²) in [5.74, 6) is 0.845. The normalized spacial score (nSPS) is 37.2. The van der Waals surface area contributed by atoms with Crippen LogP contribution in [0.2, 0.25) is 0 Å². The van der Waals surface area contributed by atoms with Gasteiger partial charge in [0.25, 0.3) is 0 Å². The molecule has 0 saturated carbocycles. The molecule has 6 aliphatic heterocycles. The number of hydrogen-bond donors (Lipinski definition) is 8. The number of morpholine rings is 1. The maximum atomic E-state index is 11.9. The molecule has 0 amide bonds. The first-order chi connectivity index (χ1) is 40.3. The molecule has 2 aromatic carbocycles. The van der Waals surface area contributed by atoms with Gasteiger partial charge in [0.15, 0.2) is 0 Å². The lowest BCUT2D eigenvalue weighted by molar-refractivity contribution is -0.216. The summed E-state index contributed by atoms with van der Waals surface area (Å²) in [6.07, 6.45) is -4.27. The summed E-state index contributed by atoms with van der Waals surface area (Å²) in [6.45, 7) is 37.1. The van der Waals surface area contributed by atoms with Crippen LogP contribution in [0.5, 0.6) is 0 Å². The molecule has 6 fully saturated rings. The Hall–Kier alpha value is -3.64. The number of nitrogens with two attached hydrogens (primary N) is 1. The summed E-state index contributed by atoms with van der Waals surface area (Å²) in [6, 6.07) is 17.8. The second-order valence-corrected chi connectivity index (χ2v) is 26.7. The van der Waals surface area contributed by atoms with Crippen LogP contribution >= 0.6 is 0 Å². The fourth-order valence-electron chi connectivity index (χ4n) is 12.1. The number of aliphatic hydroxyl groups excluding tert-OH is 7. The van der Waals surface area contributed by atoms with Crippen molar-refractivity contribution in [1.29, 1.82) is 0 Å². The van der Waals surface area contributed by atoms with E-state index in [2.05, 4.69) is 67.0 Å². The zero-order valence-electron chi connectivity index (χ0n) is 54.6. The van der Waals surface area contributed by atoms with Gasteiger partial charge in [-0.2, -0.15) is 0 Å². The van der Waals surface area contributed by atoms with Crippen molar-refractivity contribution in [3.8, 4) is 0 Å². The molecule has 19 heteroatoms. The third kappa shape index (κ3) is 20.7. The van der Waals surface area contributed by atoms with Crippen molar-refractivity contribution in [2.45, 2.75) is 240 Å². The Labute approximate surface area is 514 Å². The second-order valence-electron chi connectivity index (χ2n) is 26.7. The molecule has 19 nitrogen and oxygen atoms in total. The summed E-state index contributed by atoms with van der Waals surface area (Å²) in [7, 11) is 2.15. The van der Waals surface area contributed by atoms with Crippen molar-refractivity contribution in [2.75, 3.05) is 33.4 Å². The van der Waals surface area contributed by atoms with Crippen LogP contribution in [0, 0.1) is 53.3 Å². The quantitative estimate of drug-likeness (QED) is 0.101. The smallest absolute Gasteiger partial charge is 0.338 e. The van der Waals surface area contributed by atoms with Gasteiger partial charge in [-0.15, -0.1) is 0 Å². The lowest BCUT2D eigenvalue weighted by Gasteiger charge is -2.49. The Morgan fingerprint density at radius 2 is 0.849 bits per heavy atom. The van der Waals surface area contributed by atoms with Gasteiger partial charge in [0.1, 0.15) is 37.3 Å². The molecule has 6 heterocycles. The van der Waals surface area contributed by atoms with Gasteiger partial charge < -0.3 is 79.4 Å². The summed E-state index contributed by atoms with van der Waals surface area (Å²) < 4.78 is 45.2. The van der Waals surface area contributed by atoms with Gasteiger partial charge in [0.05, 0.1) is 115 Å². The fourth-order valence-corrected chi connectivity index (χ4v) is 12.1. The van der Waals surface area contributed by atoms with E-state index >= 15 is 0 Å². The number of ether oxygens (including phenoxy) is 8. The molecule has 6 aliphatic rings. The van der Waals surface area contributed by atoms with E-state index in [-0.39, 0.29) is 97.6 Å². The summed E-state index contributed by atoms with van der Waals surface area (Å²) in [4.78, 5) is 26.2. The standard InChI is InChI=1S/2C17H24O5.C13H23NO2.C10H21NO3.C10H20O2/c2*1-10(2)16-15(19)11(3)14(18)13(22-16)9-21-17(20)12-7-5-4-6-8-12;1-8(2)12-13-11(6-9(3)15-12)14(5)7-10(4)16-13;1-5(2)10-9(13)6(3)8(12)7(4-11)14-10;1-6(2)10-9(11)7(3)5-8(4)12-10/h2*4-8,10-11,13-16,18-19H,9H2,1-3H3;8-9,11-13H,4,6-7H2,1-3,5H3;5-10,12-13H,4,11H2,1-3H3;6-11H,5H2,1-4H3/t2*11-,13+,14-,15+,16-;9-,11+,12+,13-;6-,7+,8-,9+,10-;7-,8+,9+,10-/m00100/s1. The van der Waals surface area contributed by atoms with Crippen molar-refractivity contribution >= 4 is 11.9 Å². The highest BCUT2D eigenvalue weighted by Gasteiger charge is 2.47. The summed E-state index contributed by atoms with van der Waals surface area (Å²) in [5.41, 5.74) is 6.42. The highest BCUT2D eigenvalue weighted by Crippen LogP contribution is 2.36. The number of nitrogens with zero attached hydrogens (tertiary/aromatic N) is 1. The Balaban J connectivity index is 0.000000235. The van der Waals surface area contributed by atoms with Gasteiger partial charge in [-0.05, 0) is 93.5 Å². The van der Waals surface area contributed by atoms with Crippen molar-refractivity contribution in [3.05, 3.63) is 84.1 Å². The molecule has 2 aromatic rings. The first-order valence-electron chi connectivity index (χ1n) is 31.6. The number of esters is 2. The topological polar surface area (TPSA) is 279 Å². The van der Waals surface area contributed by atoms with Crippen molar-refractivity contribution in [2.24, 2.45) is 59.0 Å². The van der Waals surface area contributed by atoms with Crippen LogP contribution in [0.15, 0.2) is 73.0 Å². The van der Waals surface area contributed by atoms with Crippen molar-refractivity contribution in [3.63, 3.8) is 0 Å². The van der Waals surface area contributed by atoms with Gasteiger partial charge in [0.2, 0.25) is 0 Å². The lowest BCUT2D eigenvalue weighted by atomic mass is 9.84. The predicted molar refractivity (Wildman–Crippen MR) is 330 cm³/mol. The van der Waals surface area contributed by atoms with Gasteiger partial charge in [0, 0.05) is 24.3 Å². The van der Waals surface area contributed by atoms with Gasteiger partial charge in [-0.3, -0.25) is 4.90 Å². The Kier molecular flexibility index (Phi) is 30.5. The Morgan fingerprint density at radius 3 is 1.22 bits per heavy atom. The zero-order chi connectivity index (χ0) is 64.6. The van der Waals surface area contributed by atoms with Crippen LogP contribution in [0.25, 0.3) is 0 Å². The van der Waals surface area contributed by atoms with Crippen LogP contribution < -0.4 is 5.73 Å². The van der Waals surface area contributed by atoms with E-state index in [1.165, 1.54) is 0 Å². The number of hydrogen-bond acceptors (Lipinski definition) is 19. The van der Waals surface area contributed by atoms with Crippen LogP contribution in [-0.4, -0.2) is 202 Å². The number of rotatable bonds is 12. The van der Waals surface area contributed by atoms with Gasteiger partial charge in [-0.25, -0.2) is 9.59 Å². The van der Waals surface area contributed by atoms with E-state index in [0.717, 1.165) is 25.1 Å². The average molecular weight is 1220 g/mol. The first-order valence-corrected chi connectivity index (χ1v) is 31.6. The molecule has 6 saturated heterocycles. The monoisotopic (exact) mass is 1220 g/mol. The minimum absolute atomic E-state index is 0.0312.